The van der Waals surface area contributed by atoms with Gasteiger partial charge in [-0.1, -0.05) is 25.3 Å². The van der Waals surface area contributed by atoms with Crippen molar-refractivity contribution in [1.29, 1.82) is 0 Å². The van der Waals surface area contributed by atoms with Crippen molar-refractivity contribution in [3.8, 4) is 11.5 Å². The highest BCUT2D eigenvalue weighted by molar-refractivity contribution is 5.90. The summed E-state index contributed by atoms with van der Waals surface area (Å²) >= 11 is 0. The lowest BCUT2D eigenvalue weighted by Crippen LogP contribution is -2.36. The number of esters is 2. The fraction of sp³-hybridized carbons (Fsp3) is 0.308. The molecule has 2 fully saturated rings. The summed E-state index contributed by atoms with van der Waals surface area (Å²) in [7, 11) is 0. The molecule has 0 aromatic heterocycles. The molecule has 2 aromatic carbocycles. The number of hydrogen-bond acceptors (Lipinski definition) is 8. The Labute approximate surface area is 197 Å². The van der Waals surface area contributed by atoms with Crippen LogP contribution in [0, 0.1) is 0 Å². The summed E-state index contributed by atoms with van der Waals surface area (Å²) in [5.74, 6) is 0.270. The highest BCUT2D eigenvalue weighted by Crippen LogP contribution is 2.31. The van der Waals surface area contributed by atoms with E-state index in [-0.39, 0.29) is 13.2 Å². The second-order valence-corrected chi connectivity index (χ2v) is 7.73. The SMILES string of the molecule is C=CCOc1ccc(C(=O)O[C@H]2CO[C@H]3[C@@H]2OC[C@H]3OC(=O)c2ccc(OCC=C)cc2)cc1. The van der Waals surface area contributed by atoms with Gasteiger partial charge in [0.2, 0.25) is 0 Å². The predicted octanol–water partition coefficient (Wildman–Crippen LogP) is 3.36. The second kappa shape index (κ2) is 11.0. The first-order chi connectivity index (χ1) is 16.6. The molecule has 4 atom stereocenters. The van der Waals surface area contributed by atoms with E-state index in [0.717, 1.165) is 0 Å². The molecule has 2 aromatic rings. The van der Waals surface area contributed by atoms with Crippen molar-refractivity contribution in [2.45, 2.75) is 24.4 Å². The van der Waals surface area contributed by atoms with Gasteiger partial charge in [-0.15, -0.1) is 0 Å². The van der Waals surface area contributed by atoms with Gasteiger partial charge in [-0.3, -0.25) is 0 Å². The van der Waals surface area contributed by atoms with Crippen molar-refractivity contribution < 1.29 is 38.0 Å². The molecule has 0 N–H and O–H groups in total. The summed E-state index contributed by atoms with van der Waals surface area (Å²) < 4.78 is 33.6. The van der Waals surface area contributed by atoms with E-state index in [4.69, 9.17) is 28.4 Å². The third-order valence-electron chi connectivity index (χ3n) is 5.40. The summed E-state index contributed by atoms with van der Waals surface area (Å²) in [6, 6.07) is 13.3. The van der Waals surface area contributed by atoms with Gasteiger partial charge in [0.15, 0.2) is 12.2 Å². The highest BCUT2D eigenvalue weighted by Gasteiger charge is 2.51. The standard InChI is InChI=1S/C26H26O8/c1-3-13-29-19-9-5-17(6-10-19)25(27)33-21-15-31-24-22(16-32-23(21)24)34-26(28)18-7-11-20(12-8-18)30-14-4-2/h3-12,21-24H,1-2,13-16H2/t21-,22+,23-,24-/m1/s1. The van der Waals surface area contributed by atoms with E-state index in [9.17, 15) is 9.59 Å². The molecule has 0 aliphatic carbocycles. The summed E-state index contributed by atoms with van der Waals surface area (Å²) in [4.78, 5) is 25.1. The number of benzene rings is 2. The molecule has 0 radical (unpaired) electrons. The van der Waals surface area contributed by atoms with Gasteiger partial charge >= 0.3 is 11.9 Å². The zero-order valence-electron chi connectivity index (χ0n) is 18.6. The number of ether oxygens (including phenoxy) is 6. The van der Waals surface area contributed by atoms with E-state index in [1.54, 1.807) is 60.7 Å². The average molecular weight is 466 g/mol. The number of carbonyl (C=O) groups is 2. The lowest BCUT2D eigenvalue weighted by atomic mass is 10.1. The average Bonchev–Trinajstić information content (AvgIpc) is 3.45. The Morgan fingerprint density at radius 2 is 1.12 bits per heavy atom. The van der Waals surface area contributed by atoms with Gasteiger partial charge in [0.25, 0.3) is 0 Å². The Morgan fingerprint density at radius 3 is 1.47 bits per heavy atom. The van der Waals surface area contributed by atoms with Crippen LogP contribution in [0.1, 0.15) is 20.7 Å². The van der Waals surface area contributed by atoms with Crippen molar-refractivity contribution >= 4 is 11.9 Å². The minimum Gasteiger partial charge on any atom is -0.490 e. The summed E-state index contributed by atoms with van der Waals surface area (Å²) in [5, 5.41) is 0. The van der Waals surface area contributed by atoms with Crippen LogP contribution in [0.3, 0.4) is 0 Å². The van der Waals surface area contributed by atoms with Crippen LogP contribution in [0.25, 0.3) is 0 Å². The van der Waals surface area contributed by atoms with Crippen LogP contribution < -0.4 is 9.47 Å². The lowest BCUT2D eigenvalue weighted by Gasteiger charge is -2.17. The van der Waals surface area contributed by atoms with E-state index in [0.29, 0.717) is 35.8 Å². The van der Waals surface area contributed by atoms with Crippen molar-refractivity contribution in [2.24, 2.45) is 0 Å². The molecule has 8 nitrogen and oxygen atoms in total. The molecule has 8 heteroatoms. The van der Waals surface area contributed by atoms with Crippen LogP contribution in [-0.2, 0) is 18.9 Å². The molecule has 178 valence electrons. The Hall–Kier alpha value is -3.62. The zero-order chi connectivity index (χ0) is 23.9. The van der Waals surface area contributed by atoms with Crippen LogP contribution in [0.4, 0.5) is 0 Å². The minimum atomic E-state index is -0.598. The first kappa shape index (κ1) is 23.5. The molecule has 0 saturated carbocycles. The number of hydrogen-bond donors (Lipinski definition) is 0. The van der Waals surface area contributed by atoms with Crippen molar-refractivity contribution in [3.05, 3.63) is 85.0 Å². The fourth-order valence-corrected chi connectivity index (χ4v) is 3.73. The largest absolute Gasteiger partial charge is 0.490 e. The molecule has 4 rings (SSSR count). The Bertz CT molecular complexity index is 931. The smallest absolute Gasteiger partial charge is 0.338 e. The number of fused-ring (bicyclic) bond motifs is 1. The molecule has 34 heavy (non-hydrogen) atoms. The van der Waals surface area contributed by atoms with Gasteiger partial charge in [0.1, 0.15) is 36.9 Å². The van der Waals surface area contributed by atoms with Crippen molar-refractivity contribution in [2.75, 3.05) is 26.4 Å². The minimum absolute atomic E-state index is 0.158. The van der Waals surface area contributed by atoms with E-state index in [1.807, 2.05) is 0 Å². The van der Waals surface area contributed by atoms with Crippen LogP contribution in [0.5, 0.6) is 11.5 Å². The lowest BCUT2D eigenvalue weighted by molar-refractivity contribution is -0.0287. The number of rotatable bonds is 10. The molecule has 2 aliphatic rings. The highest BCUT2D eigenvalue weighted by atomic mass is 16.7. The van der Waals surface area contributed by atoms with E-state index >= 15 is 0 Å². The maximum atomic E-state index is 12.6. The Morgan fingerprint density at radius 1 is 0.735 bits per heavy atom. The van der Waals surface area contributed by atoms with E-state index in [1.165, 1.54) is 0 Å². The van der Waals surface area contributed by atoms with Crippen molar-refractivity contribution in [3.63, 3.8) is 0 Å². The molecule has 2 heterocycles. The Balaban J connectivity index is 1.30. The first-order valence-electron chi connectivity index (χ1n) is 10.9. The molecule has 0 spiro atoms. The summed E-state index contributed by atoms with van der Waals surface area (Å²) in [6.07, 6.45) is 1.07. The summed E-state index contributed by atoms with van der Waals surface area (Å²) in [6.45, 7) is 8.27. The topological polar surface area (TPSA) is 89.5 Å². The molecular weight excluding hydrogens is 440 g/mol. The third-order valence-corrected chi connectivity index (χ3v) is 5.40. The van der Waals surface area contributed by atoms with Gasteiger partial charge in [0.05, 0.1) is 24.3 Å². The third kappa shape index (κ3) is 5.47. The fourth-order valence-electron chi connectivity index (χ4n) is 3.73. The quantitative estimate of drug-likeness (QED) is 0.389. The maximum absolute atomic E-state index is 12.6. The second-order valence-electron chi connectivity index (χ2n) is 7.73. The first-order valence-corrected chi connectivity index (χ1v) is 10.9. The molecule has 2 saturated heterocycles. The normalized spacial score (nSPS) is 22.9. The summed E-state index contributed by atoms with van der Waals surface area (Å²) in [5.41, 5.74) is 0.770. The molecule has 0 bridgehead atoms. The predicted molar refractivity (Wildman–Crippen MR) is 122 cm³/mol. The zero-order valence-corrected chi connectivity index (χ0v) is 18.6. The Kier molecular flexibility index (Phi) is 7.61. The molecule has 0 amide bonds. The molecule has 0 unspecified atom stereocenters. The van der Waals surface area contributed by atoms with Gasteiger partial charge in [0, 0.05) is 0 Å². The van der Waals surface area contributed by atoms with Crippen LogP contribution >= 0.6 is 0 Å². The van der Waals surface area contributed by atoms with Crippen LogP contribution in [0.2, 0.25) is 0 Å². The molecular formula is C26H26O8. The van der Waals surface area contributed by atoms with Gasteiger partial charge < -0.3 is 28.4 Å². The van der Waals surface area contributed by atoms with Gasteiger partial charge in [-0.05, 0) is 48.5 Å². The van der Waals surface area contributed by atoms with Crippen LogP contribution in [0.15, 0.2) is 73.8 Å². The maximum Gasteiger partial charge on any atom is 0.338 e. The van der Waals surface area contributed by atoms with E-state index in [2.05, 4.69) is 13.2 Å². The van der Waals surface area contributed by atoms with Crippen LogP contribution in [-0.4, -0.2) is 62.8 Å². The van der Waals surface area contributed by atoms with Gasteiger partial charge in [-0.25, -0.2) is 9.59 Å². The monoisotopic (exact) mass is 466 g/mol. The van der Waals surface area contributed by atoms with E-state index < -0.39 is 36.4 Å². The van der Waals surface area contributed by atoms with Crippen molar-refractivity contribution in [1.82, 2.24) is 0 Å². The van der Waals surface area contributed by atoms with Gasteiger partial charge in [-0.2, -0.15) is 0 Å². The number of carbonyl (C=O) groups excluding carboxylic acids is 2. The molecule has 2 aliphatic heterocycles.